The molecule has 2 aromatic heterocycles. The predicted octanol–water partition coefficient (Wildman–Crippen LogP) is 2.87. The fourth-order valence-corrected chi connectivity index (χ4v) is 6.21. The first-order valence-electron chi connectivity index (χ1n) is 12.5. The zero-order chi connectivity index (χ0) is 29.8. The quantitative estimate of drug-likeness (QED) is 0.123. The summed E-state index contributed by atoms with van der Waals surface area (Å²) in [6.07, 6.45) is -4.93. The van der Waals surface area contributed by atoms with Gasteiger partial charge in [-0.1, -0.05) is 42.1 Å². The molecule has 1 aliphatic rings. The Morgan fingerprint density at radius 1 is 1.32 bits per heavy atom. The number of aliphatic hydroxyl groups is 2. The molecule has 13 nitrogen and oxygen atoms in total. The van der Waals surface area contributed by atoms with Gasteiger partial charge in [-0.2, -0.15) is 9.97 Å². The number of thioether (sulfide) groups is 1. The Hall–Kier alpha value is -2.20. The monoisotopic (exact) mass is 632 g/mol. The predicted molar refractivity (Wildman–Crippen MR) is 151 cm³/mol. The van der Waals surface area contributed by atoms with E-state index < -0.39 is 44.4 Å². The smallest absolute Gasteiger partial charge is 0.395 e. The molecule has 3 aromatic rings. The van der Waals surface area contributed by atoms with E-state index in [2.05, 4.69) is 20.0 Å². The van der Waals surface area contributed by atoms with Crippen molar-refractivity contribution in [2.24, 2.45) is 5.41 Å². The number of anilines is 1. The minimum absolute atomic E-state index is 0.00467. The van der Waals surface area contributed by atoms with Gasteiger partial charge in [0.25, 0.3) is 0 Å². The number of nitrogen functional groups attached to an aromatic ring is 1. The highest BCUT2D eigenvalue weighted by molar-refractivity contribution is 8.13. The molecule has 1 unspecified atom stereocenters. The summed E-state index contributed by atoms with van der Waals surface area (Å²) in [5.41, 5.74) is 5.97. The van der Waals surface area contributed by atoms with Crippen LogP contribution in [0.15, 0.2) is 36.7 Å². The van der Waals surface area contributed by atoms with Crippen LogP contribution in [0.2, 0.25) is 5.28 Å². The van der Waals surface area contributed by atoms with Crippen molar-refractivity contribution < 1.29 is 37.7 Å². The number of aliphatic hydroxyl groups excluding tert-OH is 2. The summed E-state index contributed by atoms with van der Waals surface area (Å²) in [6, 6.07) is 9.07. The molecule has 1 saturated heterocycles. The fourth-order valence-electron chi connectivity index (χ4n) is 3.80. The van der Waals surface area contributed by atoms with Crippen LogP contribution in [-0.4, -0.2) is 78.8 Å². The number of nitrogens with one attached hydrogen (secondary N) is 1. The maximum Gasteiger partial charge on any atom is 0.405 e. The average Bonchev–Trinajstić information content (AvgIpc) is 3.49. The molecule has 17 heteroatoms. The van der Waals surface area contributed by atoms with E-state index in [1.165, 1.54) is 10.9 Å². The lowest BCUT2D eigenvalue weighted by atomic mass is 9.97. The van der Waals surface area contributed by atoms with Crippen molar-refractivity contribution in [1.82, 2.24) is 24.6 Å². The van der Waals surface area contributed by atoms with Crippen LogP contribution in [0.1, 0.15) is 25.6 Å². The first-order chi connectivity index (χ1) is 19.4. The molecular weight excluding hydrogens is 602 g/mol. The summed E-state index contributed by atoms with van der Waals surface area (Å²) in [7, 11) is -4.03. The van der Waals surface area contributed by atoms with Crippen molar-refractivity contribution in [3.05, 3.63) is 47.5 Å². The standard InChI is InChI=1S/C24H31ClFN6O7PS/c1-24(2,12-33)22(35)41-9-8-37-40(36,29-10-14-6-4-3-5-7-14)38-11-15-18(34)16(26)21(39-15)32-13-28-17-19(27)30-23(25)31-20(17)32/h3-7,13,15-16,18,21,33-34H,8-12H2,1-2H3,(H,29,36)(H2,27,30,31)/t15-,16+,18-,21-,40?/m1/s1. The van der Waals surface area contributed by atoms with Gasteiger partial charge in [0.1, 0.15) is 17.7 Å². The van der Waals surface area contributed by atoms with Crippen LogP contribution in [0, 0.1) is 5.41 Å². The number of carbonyl (C=O) groups is 1. The second kappa shape index (κ2) is 13.4. The van der Waals surface area contributed by atoms with Crippen LogP contribution in [0.4, 0.5) is 10.2 Å². The highest BCUT2D eigenvalue weighted by Crippen LogP contribution is 2.46. The number of fused-ring (bicyclic) bond motifs is 1. The first kappa shape index (κ1) is 31.7. The molecule has 0 saturated carbocycles. The Balaban J connectivity index is 1.42. The van der Waals surface area contributed by atoms with Crippen molar-refractivity contribution in [2.45, 2.75) is 45.0 Å². The molecule has 1 aliphatic heterocycles. The summed E-state index contributed by atoms with van der Waals surface area (Å²) in [4.78, 5) is 24.2. The largest absolute Gasteiger partial charge is 0.405 e. The van der Waals surface area contributed by atoms with Crippen LogP contribution in [0.3, 0.4) is 0 Å². The number of hydrogen-bond donors (Lipinski definition) is 4. The Labute approximate surface area is 244 Å². The van der Waals surface area contributed by atoms with Gasteiger partial charge in [0, 0.05) is 12.3 Å². The summed E-state index contributed by atoms with van der Waals surface area (Å²) >= 11 is 6.82. The third kappa shape index (κ3) is 7.61. The number of benzene rings is 1. The van der Waals surface area contributed by atoms with Crippen LogP contribution < -0.4 is 10.8 Å². The molecule has 0 spiro atoms. The van der Waals surface area contributed by atoms with Crippen molar-refractivity contribution in [3.8, 4) is 0 Å². The number of halogens is 2. The molecular formula is C24H31ClFN6O7PS. The molecule has 0 aliphatic carbocycles. The average molecular weight is 633 g/mol. The Kier molecular flexibility index (Phi) is 10.4. The van der Waals surface area contributed by atoms with Crippen LogP contribution >= 0.6 is 31.1 Å². The molecule has 224 valence electrons. The van der Waals surface area contributed by atoms with Gasteiger partial charge >= 0.3 is 7.75 Å². The third-order valence-electron chi connectivity index (χ3n) is 6.24. The number of aromatic nitrogens is 4. The van der Waals surface area contributed by atoms with Gasteiger partial charge in [-0.25, -0.2) is 19.0 Å². The lowest BCUT2D eigenvalue weighted by Gasteiger charge is -2.23. The van der Waals surface area contributed by atoms with Gasteiger partial charge in [-0.3, -0.25) is 18.4 Å². The number of carbonyl (C=O) groups excluding carboxylic acids is 1. The van der Waals surface area contributed by atoms with Crippen molar-refractivity contribution in [1.29, 1.82) is 0 Å². The van der Waals surface area contributed by atoms with E-state index in [0.29, 0.717) is 0 Å². The summed E-state index contributed by atoms with van der Waals surface area (Å²) in [6.45, 7) is 2.39. The molecule has 0 radical (unpaired) electrons. The van der Waals surface area contributed by atoms with Crippen molar-refractivity contribution in [3.63, 3.8) is 0 Å². The molecule has 1 aromatic carbocycles. The van der Waals surface area contributed by atoms with E-state index >= 15 is 4.39 Å². The van der Waals surface area contributed by atoms with E-state index in [4.69, 9.17) is 31.1 Å². The second-order valence-corrected chi connectivity index (χ2v) is 13.1. The maximum absolute atomic E-state index is 15.2. The molecule has 41 heavy (non-hydrogen) atoms. The molecule has 5 atom stereocenters. The molecule has 3 heterocycles. The van der Waals surface area contributed by atoms with E-state index in [9.17, 15) is 19.6 Å². The molecule has 5 N–H and O–H groups in total. The SMILES string of the molecule is CC(C)(CO)C(=O)SCCOP(=O)(NCc1ccccc1)OC[C@H]1O[C@@H](n2cnc3c(N)nc(Cl)nc32)[C@@H](F)[C@@H]1O. The number of rotatable bonds is 13. The summed E-state index contributed by atoms with van der Waals surface area (Å²) < 4.78 is 46.9. The first-order valence-corrected chi connectivity index (χ1v) is 15.4. The maximum atomic E-state index is 15.2. The van der Waals surface area contributed by atoms with Crippen LogP contribution in [0.25, 0.3) is 11.2 Å². The van der Waals surface area contributed by atoms with Crippen molar-refractivity contribution in [2.75, 3.05) is 31.3 Å². The number of ether oxygens (including phenoxy) is 1. The Morgan fingerprint density at radius 2 is 2.05 bits per heavy atom. The molecule has 4 rings (SSSR count). The fraction of sp³-hybridized carbons (Fsp3) is 0.500. The van der Waals surface area contributed by atoms with E-state index in [-0.39, 0.29) is 52.9 Å². The third-order valence-corrected chi connectivity index (χ3v) is 9.15. The lowest BCUT2D eigenvalue weighted by Crippen LogP contribution is -2.32. The van der Waals surface area contributed by atoms with Gasteiger partial charge in [-0.05, 0) is 31.0 Å². The number of imidazole rings is 1. The molecule has 1 fully saturated rings. The summed E-state index contributed by atoms with van der Waals surface area (Å²) in [5, 5.41) is 22.3. The second-order valence-electron chi connectivity index (χ2n) is 9.83. The van der Waals surface area contributed by atoms with Gasteiger partial charge in [0.2, 0.25) is 5.28 Å². The normalized spacial score (nSPS) is 22.7. The van der Waals surface area contributed by atoms with Gasteiger partial charge in [0.05, 0.1) is 31.6 Å². The number of hydrogen-bond acceptors (Lipinski definition) is 12. The Morgan fingerprint density at radius 3 is 2.76 bits per heavy atom. The van der Waals surface area contributed by atoms with Gasteiger partial charge in [0.15, 0.2) is 29.0 Å². The molecule has 0 amide bonds. The minimum Gasteiger partial charge on any atom is -0.395 e. The van der Waals surface area contributed by atoms with Crippen LogP contribution in [0.5, 0.6) is 0 Å². The number of nitrogens with zero attached hydrogens (tertiary/aromatic N) is 4. The van der Waals surface area contributed by atoms with E-state index in [0.717, 1.165) is 17.3 Å². The van der Waals surface area contributed by atoms with E-state index in [1.807, 2.05) is 30.3 Å². The lowest BCUT2D eigenvalue weighted by molar-refractivity contribution is -0.119. The number of nitrogens with two attached hydrogens (primary N) is 1. The minimum atomic E-state index is -4.03. The highest BCUT2D eigenvalue weighted by atomic mass is 35.5. The van der Waals surface area contributed by atoms with Gasteiger partial charge < -0.3 is 20.7 Å². The zero-order valence-corrected chi connectivity index (χ0v) is 24.7. The van der Waals surface area contributed by atoms with Gasteiger partial charge in [-0.15, -0.1) is 0 Å². The Bertz CT molecular complexity index is 1400. The summed E-state index contributed by atoms with van der Waals surface area (Å²) in [5.74, 6) is 0.135. The molecule has 0 bridgehead atoms. The van der Waals surface area contributed by atoms with Crippen LogP contribution in [-0.2, 0) is 29.7 Å². The number of alkyl halides is 1. The van der Waals surface area contributed by atoms with Crippen molar-refractivity contribution >= 4 is 53.2 Å². The highest BCUT2D eigenvalue weighted by Gasteiger charge is 2.47. The van der Waals surface area contributed by atoms with E-state index in [1.54, 1.807) is 13.8 Å². The topological polar surface area (TPSA) is 184 Å². The zero-order valence-electron chi connectivity index (χ0n) is 22.2.